The van der Waals surface area contributed by atoms with E-state index in [1.807, 2.05) is 0 Å². The molecule has 0 aliphatic heterocycles. The smallest absolute Gasteiger partial charge is 0.150 e. The Morgan fingerprint density at radius 2 is 1.33 bits per heavy atom. The molecule has 2 heterocycles. The van der Waals surface area contributed by atoms with Gasteiger partial charge in [-0.3, -0.25) is 9.97 Å². The van der Waals surface area contributed by atoms with E-state index in [0.717, 1.165) is 18.5 Å². The van der Waals surface area contributed by atoms with Crippen LogP contribution in [-0.4, -0.2) is 15.1 Å². The molecule has 21 heavy (non-hydrogen) atoms. The predicted molar refractivity (Wildman–Crippen MR) is 71.0 cm³/mol. The van der Waals surface area contributed by atoms with Gasteiger partial charge in [0.2, 0.25) is 0 Å². The van der Waals surface area contributed by atoms with E-state index >= 15 is 0 Å². The monoisotopic (exact) mass is 344 g/mol. The number of alkyl halides is 1. The maximum absolute atomic E-state index is 12.5. The van der Waals surface area contributed by atoms with E-state index in [-0.39, 0.29) is 29.7 Å². The van der Waals surface area contributed by atoms with Crippen molar-refractivity contribution in [3.63, 3.8) is 0 Å². The van der Waals surface area contributed by atoms with Crippen molar-refractivity contribution < 1.29 is 22.7 Å². The Labute approximate surface area is 129 Å². The molecule has 3 nitrogen and oxygen atoms in total. The van der Waals surface area contributed by atoms with Crippen LogP contribution in [0.1, 0.15) is 11.4 Å². The number of aliphatic hydroxyl groups is 1. The summed E-state index contributed by atoms with van der Waals surface area (Å²) in [5.74, 6) is -2.98. The molecule has 0 unspecified atom stereocenters. The van der Waals surface area contributed by atoms with E-state index in [1.165, 1.54) is 0 Å². The quantitative estimate of drug-likeness (QED) is 0.671. The summed E-state index contributed by atoms with van der Waals surface area (Å²) in [4.78, 5) is 6.71. The fraction of sp³-hybridized carbons (Fsp3) is 0.167. The zero-order valence-corrected chi connectivity index (χ0v) is 11.9. The summed E-state index contributed by atoms with van der Waals surface area (Å²) in [7, 11) is 0. The number of hydrogen-bond donors (Lipinski definition) is 1. The summed E-state index contributed by atoms with van der Waals surface area (Å²) >= 11 is 5.26. The molecule has 2 aromatic heterocycles. The largest absolute Gasteiger partial charge is 0.390 e. The first-order valence-electron chi connectivity index (χ1n) is 5.24. The molecule has 0 atom stereocenters. The first-order chi connectivity index (χ1) is 9.47. The number of rotatable bonds is 2. The number of halogens is 6. The second-order valence-corrected chi connectivity index (χ2v) is 3.72. The number of aliphatic hydroxyl groups excluding tert-OH is 1. The normalized spacial score (nSPS) is 9.43. The van der Waals surface area contributed by atoms with E-state index in [1.54, 1.807) is 0 Å². The molecule has 0 aliphatic rings. The Kier molecular flexibility index (Phi) is 8.84. The third kappa shape index (κ3) is 6.24. The maximum atomic E-state index is 12.5. The lowest BCUT2D eigenvalue weighted by Gasteiger charge is -1.95. The van der Waals surface area contributed by atoms with Crippen LogP contribution >= 0.6 is 24.0 Å². The minimum absolute atomic E-state index is 0. The lowest BCUT2D eigenvalue weighted by molar-refractivity contribution is 0.269. The second-order valence-electron chi connectivity index (χ2n) is 3.46. The zero-order valence-electron chi connectivity index (χ0n) is 10.4. The molecule has 0 aromatic carbocycles. The standard InChI is InChI=1S/C6H4ClF2N.C6H5F2NO.ClH/c7-2-6-5(9)1-4(8)3-10-6;7-4-1-5(8)6(3-10)9-2-4;/h1,3H,2H2;1-2,10H,3H2;1H. The molecule has 0 spiro atoms. The molecule has 0 amide bonds. The average Bonchev–Trinajstić information content (AvgIpc) is 2.40. The van der Waals surface area contributed by atoms with Crippen molar-refractivity contribution in [3.05, 3.63) is 59.2 Å². The first kappa shape index (κ1) is 19.6. The minimum atomic E-state index is -0.817. The number of pyridine rings is 2. The SMILES string of the molecule is Cl.Fc1cnc(CCl)c(F)c1.OCc1ncc(F)cc1F. The average molecular weight is 345 g/mol. The van der Waals surface area contributed by atoms with Gasteiger partial charge < -0.3 is 5.11 Å². The summed E-state index contributed by atoms with van der Waals surface area (Å²) in [5.41, 5.74) is -0.0653. The molecule has 1 N–H and O–H groups in total. The Bertz CT molecular complexity index is 536. The van der Waals surface area contributed by atoms with Gasteiger partial charge in [-0.15, -0.1) is 24.0 Å². The van der Waals surface area contributed by atoms with Crippen molar-refractivity contribution in [1.82, 2.24) is 9.97 Å². The van der Waals surface area contributed by atoms with Gasteiger partial charge in [-0.05, 0) is 0 Å². The highest BCUT2D eigenvalue weighted by molar-refractivity contribution is 6.16. The van der Waals surface area contributed by atoms with Crippen LogP contribution in [0.4, 0.5) is 17.6 Å². The van der Waals surface area contributed by atoms with Crippen LogP contribution in [0.15, 0.2) is 24.5 Å². The Balaban J connectivity index is 0.000000364. The fourth-order valence-electron chi connectivity index (χ4n) is 1.10. The lowest BCUT2D eigenvalue weighted by atomic mass is 10.3. The highest BCUT2D eigenvalue weighted by Gasteiger charge is 2.02. The van der Waals surface area contributed by atoms with E-state index in [0.29, 0.717) is 6.07 Å². The van der Waals surface area contributed by atoms with E-state index in [9.17, 15) is 17.6 Å². The van der Waals surface area contributed by atoms with Crippen LogP contribution in [0.2, 0.25) is 0 Å². The van der Waals surface area contributed by atoms with Gasteiger partial charge >= 0.3 is 0 Å². The third-order valence-corrected chi connectivity index (χ3v) is 2.30. The fourth-order valence-corrected chi connectivity index (χ4v) is 1.30. The molecule has 0 saturated heterocycles. The van der Waals surface area contributed by atoms with Crippen molar-refractivity contribution >= 4 is 24.0 Å². The van der Waals surface area contributed by atoms with Gasteiger partial charge in [0.05, 0.1) is 30.6 Å². The van der Waals surface area contributed by atoms with Gasteiger partial charge in [0, 0.05) is 12.1 Å². The van der Waals surface area contributed by atoms with Gasteiger partial charge in [0.15, 0.2) is 0 Å². The van der Waals surface area contributed by atoms with Crippen molar-refractivity contribution in [2.45, 2.75) is 12.5 Å². The van der Waals surface area contributed by atoms with Gasteiger partial charge in [-0.1, -0.05) is 0 Å². The van der Waals surface area contributed by atoms with E-state index in [2.05, 4.69) is 9.97 Å². The van der Waals surface area contributed by atoms with Crippen molar-refractivity contribution in [2.75, 3.05) is 0 Å². The van der Waals surface area contributed by atoms with Crippen LogP contribution < -0.4 is 0 Å². The number of hydrogen-bond acceptors (Lipinski definition) is 3. The summed E-state index contributed by atoms with van der Waals surface area (Å²) in [6, 6.07) is 1.43. The highest BCUT2D eigenvalue weighted by atomic mass is 35.5. The lowest BCUT2D eigenvalue weighted by Crippen LogP contribution is -1.94. The summed E-state index contributed by atoms with van der Waals surface area (Å²) < 4.78 is 49.1. The molecule has 2 rings (SSSR count). The molecule has 9 heteroatoms. The predicted octanol–water partition coefficient (Wildman–Crippen LogP) is 3.37. The van der Waals surface area contributed by atoms with E-state index < -0.39 is 29.9 Å². The van der Waals surface area contributed by atoms with Gasteiger partial charge in [-0.2, -0.15) is 0 Å². The van der Waals surface area contributed by atoms with Gasteiger partial charge in [-0.25, -0.2) is 17.6 Å². The molecule has 2 aromatic rings. The van der Waals surface area contributed by atoms with Gasteiger partial charge in [0.1, 0.15) is 29.0 Å². The van der Waals surface area contributed by atoms with Crippen LogP contribution in [0.5, 0.6) is 0 Å². The Morgan fingerprint density at radius 1 is 0.905 bits per heavy atom. The molecule has 116 valence electrons. The van der Waals surface area contributed by atoms with Crippen LogP contribution in [0.3, 0.4) is 0 Å². The summed E-state index contributed by atoms with van der Waals surface area (Å²) in [6.45, 7) is -0.508. The molecule has 0 aliphatic carbocycles. The molecule has 0 fully saturated rings. The highest BCUT2D eigenvalue weighted by Crippen LogP contribution is 2.07. The molecule has 0 bridgehead atoms. The Morgan fingerprint density at radius 3 is 1.67 bits per heavy atom. The molecule has 0 radical (unpaired) electrons. The Hall–Kier alpha value is -1.44. The third-order valence-electron chi connectivity index (χ3n) is 2.04. The van der Waals surface area contributed by atoms with E-state index in [4.69, 9.17) is 16.7 Å². The van der Waals surface area contributed by atoms with Gasteiger partial charge in [0.25, 0.3) is 0 Å². The van der Waals surface area contributed by atoms with Crippen molar-refractivity contribution in [2.24, 2.45) is 0 Å². The molecular formula is C12H10Cl2F4N2O. The topological polar surface area (TPSA) is 46.0 Å². The second kappa shape index (κ2) is 9.49. The minimum Gasteiger partial charge on any atom is -0.390 e. The summed E-state index contributed by atoms with van der Waals surface area (Å²) in [6.07, 6.45) is 1.79. The first-order valence-corrected chi connectivity index (χ1v) is 5.78. The van der Waals surface area contributed by atoms with Crippen LogP contribution in [-0.2, 0) is 12.5 Å². The zero-order chi connectivity index (χ0) is 15.1. The maximum Gasteiger partial charge on any atom is 0.150 e. The summed E-state index contributed by atoms with van der Waals surface area (Å²) in [5, 5.41) is 8.38. The van der Waals surface area contributed by atoms with Crippen LogP contribution in [0.25, 0.3) is 0 Å². The molecular weight excluding hydrogens is 335 g/mol. The molecule has 0 saturated carbocycles. The van der Waals surface area contributed by atoms with Crippen molar-refractivity contribution in [1.29, 1.82) is 0 Å². The van der Waals surface area contributed by atoms with Crippen LogP contribution in [0, 0.1) is 23.3 Å². The number of nitrogens with zero attached hydrogens (tertiary/aromatic N) is 2. The number of aromatic nitrogens is 2. The van der Waals surface area contributed by atoms with Crippen molar-refractivity contribution in [3.8, 4) is 0 Å².